The minimum Gasteiger partial charge on any atom is -0.312 e. The Labute approximate surface area is 120 Å². The number of rotatable bonds is 3. The first-order chi connectivity index (χ1) is 9.38. The first kappa shape index (κ1) is 14.7. The summed E-state index contributed by atoms with van der Waals surface area (Å²) in [6, 6.07) is 1.05. The van der Waals surface area contributed by atoms with E-state index < -0.39 is 5.82 Å². The van der Waals surface area contributed by atoms with Gasteiger partial charge in [-0.2, -0.15) is 0 Å². The summed E-state index contributed by atoms with van der Waals surface area (Å²) in [4.78, 5) is 28.1. The molecule has 0 aromatic carbocycles. The number of hydrogen-bond donors (Lipinski definition) is 0. The molecule has 0 aliphatic carbocycles. The van der Waals surface area contributed by atoms with E-state index >= 15 is 0 Å². The van der Waals surface area contributed by atoms with Gasteiger partial charge in [0.05, 0.1) is 16.5 Å². The van der Waals surface area contributed by atoms with Crippen LogP contribution in [0.25, 0.3) is 10.9 Å². The minimum atomic E-state index is -0.766. The summed E-state index contributed by atoms with van der Waals surface area (Å²) in [5.41, 5.74) is 0.660. The van der Waals surface area contributed by atoms with Crippen molar-refractivity contribution in [3.8, 4) is 0 Å². The lowest BCUT2D eigenvalue weighted by Gasteiger charge is -2.14. The maximum absolute atomic E-state index is 13.6. The third-order valence-electron chi connectivity index (χ3n) is 3.21. The van der Waals surface area contributed by atoms with Gasteiger partial charge in [0.15, 0.2) is 16.8 Å². The molecule has 2 aromatic heterocycles. The highest BCUT2D eigenvalue weighted by Gasteiger charge is 2.19. The highest BCUT2D eigenvalue weighted by Crippen LogP contribution is 2.22. The fourth-order valence-corrected chi connectivity index (χ4v) is 2.48. The zero-order valence-electron chi connectivity index (χ0n) is 11.5. The van der Waals surface area contributed by atoms with Crippen molar-refractivity contribution >= 4 is 28.3 Å². The van der Waals surface area contributed by atoms with Gasteiger partial charge in [0, 0.05) is 12.2 Å². The monoisotopic (exact) mass is 296 g/mol. The molecular weight excluding hydrogens is 283 g/mol. The Balaban J connectivity index is 3.03. The number of carbonyl (C=O) groups is 1. The largest absolute Gasteiger partial charge is 0.312 e. The van der Waals surface area contributed by atoms with Crippen molar-refractivity contribution in [2.75, 3.05) is 0 Å². The molecular formula is C14H14ClFN2O2. The molecule has 2 heterocycles. The van der Waals surface area contributed by atoms with E-state index in [1.807, 2.05) is 6.92 Å². The Morgan fingerprint density at radius 1 is 1.50 bits per heavy atom. The molecule has 0 bridgehead atoms. The molecule has 0 radical (unpaired) electrons. The Hall–Kier alpha value is -1.75. The van der Waals surface area contributed by atoms with Crippen LogP contribution in [0.3, 0.4) is 0 Å². The van der Waals surface area contributed by atoms with Crippen molar-refractivity contribution in [3.63, 3.8) is 0 Å². The zero-order chi connectivity index (χ0) is 15.0. The van der Waals surface area contributed by atoms with E-state index in [2.05, 4.69) is 4.98 Å². The molecule has 0 saturated heterocycles. The fraction of sp³-hybridized carbons (Fsp3) is 0.357. The van der Waals surface area contributed by atoms with E-state index in [4.69, 9.17) is 11.6 Å². The van der Waals surface area contributed by atoms with Crippen LogP contribution in [-0.4, -0.2) is 15.3 Å². The van der Waals surface area contributed by atoms with Crippen molar-refractivity contribution in [2.45, 2.75) is 33.7 Å². The fourth-order valence-electron chi connectivity index (χ4n) is 2.34. The standard InChI is InChI=1S/C14H14ClFN2O2/c1-4-5-18-7(2)11(8(3)19)12-9(14(18)20)6-10(16)13(15)17-12/h6H,4-5H2,1-3H3. The highest BCUT2D eigenvalue weighted by molar-refractivity contribution is 6.30. The van der Waals surface area contributed by atoms with E-state index in [0.29, 0.717) is 17.8 Å². The summed E-state index contributed by atoms with van der Waals surface area (Å²) in [7, 11) is 0. The highest BCUT2D eigenvalue weighted by atomic mass is 35.5. The molecule has 0 aliphatic heterocycles. The average molecular weight is 297 g/mol. The van der Waals surface area contributed by atoms with E-state index in [-0.39, 0.29) is 27.4 Å². The Morgan fingerprint density at radius 3 is 2.70 bits per heavy atom. The predicted molar refractivity (Wildman–Crippen MR) is 76.0 cm³/mol. The summed E-state index contributed by atoms with van der Waals surface area (Å²) in [6.07, 6.45) is 0.729. The van der Waals surface area contributed by atoms with Gasteiger partial charge in [-0.15, -0.1) is 0 Å². The average Bonchev–Trinajstić information content (AvgIpc) is 2.37. The van der Waals surface area contributed by atoms with Gasteiger partial charge in [-0.1, -0.05) is 18.5 Å². The smallest absolute Gasteiger partial charge is 0.260 e. The molecule has 0 N–H and O–H groups in total. The van der Waals surface area contributed by atoms with Gasteiger partial charge in [0.25, 0.3) is 5.56 Å². The van der Waals surface area contributed by atoms with E-state index in [9.17, 15) is 14.0 Å². The van der Waals surface area contributed by atoms with Gasteiger partial charge in [0.1, 0.15) is 0 Å². The molecule has 0 spiro atoms. The molecule has 106 valence electrons. The molecule has 2 rings (SSSR count). The summed E-state index contributed by atoms with van der Waals surface area (Å²) >= 11 is 5.66. The lowest BCUT2D eigenvalue weighted by Crippen LogP contribution is -2.25. The lowest BCUT2D eigenvalue weighted by atomic mass is 10.1. The molecule has 6 heteroatoms. The number of pyridine rings is 2. The van der Waals surface area contributed by atoms with Crippen molar-refractivity contribution in [2.24, 2.45) is 0 Å². The minimum absolute atomic E-state index is 0.0798. The second-order valence-corrected chi connectivity index (χ2v) is 4.99. The quantitative estimate of drug-likeness (QED) is 0.646. The van der Waals surface area contributed by atoms with Gasteiger partial charge >= 0.3 is 0 Å². The Bertz CT molecular complexity index is 768. The molecule has 0 saturated carbocycles. The normalized spacial score (nSPS) is 11.1. The summed E-state index contributed by atoms with van der Waals surface area (Å²) in [5, 5.41) is -0.261. The van der Waals surface area contributed by atoms with Gasteiger partial charge < -0.3 is 4.57 Å². The number of fused-ring (bicyclic) bond motifs is 1. The molecule has 0 aliphatic rings. The molecule has 2 aromatic rings. The van der Waals surface area contributed by atoms with Crippen LogP contribution >= 0.6 is 11.6 Å². The van der Waals surface area contributed by atoms with Crippen LogP contribution in [0, 0.1) is 12.7 Å². The van der Waals surface area contributed by atoms with Crippen LogP contribution in [0.4, 0.5) is 4.39 Å². The predicted octanol–water partition coefficient (Wildman–Crippen LogP) is 3.11. The number of ketones is 1. The maximum atomic E-state index is 13.6. The number of carbonyl (C=O) groups excluding carboxylic acids is 1. The van der Waals surface area contributed by atoms with Gasteiger partial charge in [-0.25, -0.2) is 9.37 Å². The number of nitrogens with zero attached hydrogens (tertiary/aromatic N) is 2. The molecule has 0 unspecified atom stereocenters. The summed E-state index contributed by atoms with van der Waals surface area (Å²) in [5.74, 6) is -0.995. The number of aromatic nitrogens is 2. The maximum Gasteiger partial charge on any atom is 0.260 e. The van der Waals surface area contributed by atoms with Crippen molar-refractivity contribution < 1.29 is 9.18 Å². The Kier molecular flexibility index (Phi) is 3.90. The van der Waals surface area contributed by atoms with Crippen LogP contribution in [0.2, 0.25) is 5.15 Å². The van der Waals surface area contributed by atoms with Gasteiger partial charge in [-0.05, 0) is 26.3 Å². The number of halogens is 2. The van der Waals surface area contributed by atoms with Crippen LogP contribution in [0.1, 0.15) is 36.3 Å². The molecule has 0 atom stereocenters. The topological polar surface area (TPSA) is 52.0 Å². The van der Waals surface area contributed by atoms with Crippen LogP contribution < -0.4 is 5.56 Å². The first-order valence-electron chi connectivity index (χ1n) is 6.28. The lowest BCUT2D eigenvalue weighted by molar-refractivity contribution is 0.101. The molecule has 4 nitrogen and oxygen atoms in total. The van der Waals surface area contributed by atoms with E-state index in [1.165, 1.54) is 11.5 Å². The van der Waals surface area contributed by atoms with Crippen LogP contribution in [-0.2, 0) is 6.54 Å². The van der Waals surface area contributed by atoms with Gasteiger partial charge in [0.2, 0.25) is 0 Å². The SMILES string of the molecule is CCCn1c(C)c(C(C)=O)c2nc(Cl)c(F)cc2c1=O. The number of hydrogen-bond acceptors (Lipinski definition) is 3. The molecule has 0 amide bonds. The van der Waals surface area contributed by atoms with Crippen molar-refractivity contribution in [1.82, 2.24) is 9.55 Å². The van der Waals surface area contributed by atoms with Crippen LogP contribution in [0.5, 0.6) is 0 Å². The first-order valence-corrected chi connectivity index (χ1v) is 6.66. The Morgan fingerprint density at radius 2 is 2.15 bits per heavy atom. The molecule has 20 heavy (non-hydrogen) atoms. The zero-order valence-corrected chi connectivity index (χ0v) is 12.2. The van der Waals surface area contributed by atoms with Crippen molar-refractivity contribution in [1.29, 1.82) is 0 Å². The molecule has 0 fully saturated rings. The van der Waals surface area contributed by atoms with E-state index in [0.717, 1.165) is 12.5 Å². The van der Waals surface area contributed by atoms with E-state index in [1.54, 1.807) is 6.92 Å². The third kappa shape index (κ3) is 2.22. The van der Waals surface area contributed by atoms with Gasteiger partial charge in [-0.3, -0.25) is 9.59 Å². The third-order valence-corrected chi connectivity index (χ3v) is 3.48. The summed E-state index contributed by atoms with van der Waals surface area (Å²) < 4.78 is 15.0. The number of Topliss-reactive ketones (excluding diaryl/α,β-unsaturated/α-hetero) is 1. The van der Waals surface area contributed by atoms with Crippen molar-refractivity contribution in [3.05, 3.63) is 38.6 Å². The summed E-state index contributed by atoms with van der Waals surface area (Å²) in [6.45, 7) is 5.46. The van der Waals surface area contributed by atoms with Crippen LogP contribution in [0.15, 0.2) is 10.9 Å². The second-order valence-electron chi connectivity index (χ2n) is 4.63. The second kappa shape index (κ2) is 5.32.